The molecule has 6 N–H and O–H groups in total. The number of benzene rings is 3. The van der Waals surface area contributed by atoms with Gasteiger partial charge in [-0.2, -0.15) is 13.2 Å². The number of carbonyl (C=O) groups is 2. The highest BCUT2D eigenvalue weighted by molar-refractivity contribution is 7.89. The quantitative estimate of drug-likeness (QED) is 0.156. The second-order valence-electron chi connectivity index (χ2n) is 8.61. The molecule has 0 bridgehead atoms. The number of aliphatic carboxylic acids is 1. The molecule has 3 aromatic rings. The van der Waals surface area contributed by atoms with E-state index < -0.39 is 22.2 Å². The largest absolute Gasteiger partial charge is 0.490 e. The van der Waals surface area contributed by atoms with E-state index in [4.69, 9.17) is 30.9 Å². The van der Waals surface area contributed by atoms with Gasteiger partial charge in [0.2, 0.25) is 10.0 Å². The van der Waals surface area contributed by atoms with E-state index >= 15 is 0 Å². The Bertz CT molecular complexity index is 1480. The Hall–Kier alpha value is -4.43. The first-order valence-electron chi connectivity index (χ1n) is 11.9. The molecule has 0 unspecified atom stereocenters. The van der Waals surface area contributed by atoms with Crippen LogP contribution in [0.2, 0.25) is 0 Å². The summed E-state index contributed by atoms with van der Waals surface area (Å²) in [6.45, 7) is 0.674. The van der Waals surface area contributed by atoms with E-state index in [1.54, 1.807) is 36.4 Å². The predicted molar refractivity (Wildman–Crippen MR) is 147 cm³/mol. The van der Waals surface area contributed by atoms with Crippen LogP contribution in [0.3, 0.4) is 0 Å². The maximum Gasteiger partial charge on any atom is 0.490 e. The number of nitrogen functional groups attached to an aromatic ring is 1. The van der Waals surface area contributed by atoms with Crippen molar-refractivity contribution in [1.82, 2.24) is 0 Å². The first kappa shape index (κ1) is 32.8. The summed E-state index contributed by atoms with van der Waals surface area (Å²) in [6.07, 6.45) is -3.57. The molecule has 0 aliphatic rings. The van der Waals surface area contributed by atoms with Gasteiger partial charge in [-0.05, 0) is 42.2 Å². The molecule has 0 radical (unpaired) electrons. The molecule has 0 heterocycles. The Morgan fingerprint density at radius 1 is 1.02 bits per heavy atom. The van der Waals surface area contributed by atoms with Gasteiger partial charge in [0, 0.05) is 23.4 Å². The summed E-state index contributed by atoms with van der Waals surface area (Å²) in [5.41, 5.74) is 9.38. The van der Waals surface area contributed by atoms with Crippen LogP contribution in [0.5, 0.6) is 0 Å². The van der Waals surface area contributed by atoms with Crippen molar-refractivity contribution >= 4 is 33.5 Å². The lowest BCUT2D eigenvalue weighted by atomic mass is 10.0. The van der Waals surface area contributed by atoms with Crippen molar-refractivity contribution in [3.8, 4) is 11.1 Å². The number of sulfonamides is 1. The minimum absolute atomic E-state index is 0.0380. The number of nitrogens with two attached hydrogens (primary N) is 2. The van der Waals surface area contributed by atoms with Crippen molar-refractivity contribution in [3.05, 3.63) is 83.9 Å². The van der Waals surface area contributed by atoms with Crippen LogP contribution < -0.4 is 15.8 Å². The SMILES string of the molecule is COC(=O)CN(CCCc1ccc(-c2ccccc2S(N)(=O)=O)cc1)c1cccc(C(=N)N)c1.O=C(O)C(F)(F)F. The smallest absolute Gasteiger partial charge is 0.475 e. The van der Waals surface area contributed by atoms with Crippen LogP contribution in [0.1, 0.15) is 17.5 Å². The average Bonchev–Trinajstić information content (AvgIpc) is 2.92. The third kappa shape index (κ3) is 10.2. The van der Waals surface area contributed by atoms with Gasteiger partial charge in [0.1, 0.15) is 12.4 Å². The molecule has 0 spiro atoms. The number of aryl methyl sites for hydroxylation is 1. The Morgan fingerprint density at radius 2 is 1.63 bits per heavy atom. The minimum Gasteiger partial charge on any atom is -0.475 e. The normalized spacial score (nSPS) is 11.1. The van der Waals surface area contributed by atoms with E-state index in [1.165, 1.54) is 13.2 Å². The zero-order valence-corrected chi connectivity index (χ0v) is 22.7. The average molecular weight is 595 g/mol. The summed E-state index contributed by atoms with van der Waals surface area (Å²) in [7, 11) is -2.48. The number of nitrogens with zero attached hydrogens (tertiary/aromatic N) is 1. The fourth-order valence-corrected chi connectivity index (χ4v) is 4.43. The fourth-order valence-electron chi connectivity index (χ4n) is 3.67. The molecular formula is C27H29F3N4O6S. The molecule has 0 saturated carbocycles. The molecule has 0 fully saturated rings. The number of carbonyl (C=O) groups excluding carboxylic acids is 1. The molecule has 0 saturated heterocycles. The number of hydrogen-bond donors (Lipinski definition) is 4. The molecule has 0 aliphatic carbocycles. The fraction of sp³-hybridized carbons (Fsp3) is 0.222. The van der Waals surface area contributed by atoms with Crippen LogP contribution in [0.15, 0.2) is 77.7 Å². The highest BCUT2D eigenvalue weighted by atomic mass is 32.2. The van der Waals surface area contributed by atoms with E-state index in [9.17, 15) is 26.4 Å². The highest BCUT2D eigenvalue weighted by Gasteiger charge is 2.38. The number of anilines is 1. The van der Waals surface area contributed by atoms with E-state index in [0.29, 0.717) is 17.7 Å². The Kier molecular flexibility index (Phi) is 11.4. The number of ether oxygens (including phenoxy) is 1. The number of alkyl halides is 3. The molecule has 0 aromatic heterocycles. The number of rotatable bonds is 10. The molecule has 14 heteroatoms. The molecule has 10 nitrogen and oxygen atoms in total. The lowest BCUT2D eigenvalue weighted by Crippen LogP contribution is -2.32. The van der Waals surface area contributed by atoms with Crippen molar-refractivity contribution < 1.29 is 41.0 Å². The van der Waals surface area contributed by atoms with Crippen LogP contribution in [-0.2, 0) is 30.8 Å². The van der Waals surface area contributed by atoms with Gasteiger partial charge in [-0.25, -0.2) is 18.4 Å². The molecule has 0 atom stereocenters. The number of primary sulfonamides is 1. The lowest BCUT2D eigenvalue weighted by molar-refractivity contribution is -0.192. The monoisotopic (exact) mass is 594 g/mol. The van der Waals surface area contributed by atoms with Gasteiger partial charge in [-0.1, -0.05) is 54.6 Å². The van der Waals surface area contributed by atoms with Crippen molar-refractivity contribution in [2.45, 2.75) is 23.9 Å². The van der Waals surface area contributed by atoms with E-state index in [0.717, 1.165) is 29.7 Å². The van der Waals surface area contributed by atoms with Gasteiger partial charge < -0.3 is 20.5 Å². The number of methoxy groups -OCH3 is 1. The second kappa shape index (κ2) is 14.3. The molecule has 41 heavy (non-hydrogen) atoms. The number of carboxylic acid groups (broad SMARTS) is 1. The van der Waals surface area contributed by atoms with Crippen LogP contribution >= 0.6 is 0 Å². The summed E-state index contributed by atoms with van der Waals surface area (Å²) in [5.74, 6) is -3.15. The number of amidine groups is 1. The summed E-state index contributed by atoms with van der Waals surface area (Å²) in [6, 6.07) is 21.5. The van der Waals surface area contributed by atoms with Crippen molar-refractivity contribution in [1.29, 1.82) is 5.41 Å². The van der Waals surface area contributed by atoms with Crippen LogP contribution in [-0.4, -0.2) is 57.7 Å². The Balaban J connectivity index is 0.000000745. The number of hydrogen-bond acceptors (Lipinski definition) is 7. The predicted octanol–water partition coefficient (Wildman–Crippen LogP) is 3.53. The zero-order valence-electron chi connectivity index (χ0n) is 21.9. The molecule has 3 rings (SSSR count). The highest BCUT2D eigenvalue weighted by Crippen LogP contribution is 2.27. The number of nitrogens with one attached hydrogen (secondary N) is 1. The van der Waals surface area contributed by atoms with E-state index in [-0.39, 0.29) is 23.2 Å². The maximum absolute atomic E-state index is 11.9. The van der Waals surface area contributed by atoms with E-state index in [2.05, 4.69) is 0 Å². The van der Waals surface area contributed by atoms with Crippen molar-refractivity contribution in [3.63, 3.8) is 0 Å². The molecule has 0 amide bonds. The molecule has 220 valence electrons. The zero-order chi connectivity index (χ0) is 30.8. The molecular weight excluding hydrogens is 565 g/mol. The number of carboxylic acids is 1. The maximum atomic E-state index is 11.9. The Morgan fingerprint density at radius 3 is 2.17 bits per heavy atom. The van der Waals surface area contributed by atoms with Gasteiger partial charge in [0.05, 0.1) is 12.0 Å². The van der Waals surface area contributed by atoms with Gasteiger partial charge in [-0.3, -0.25) is 10.2 Å². The van der Waals surface area contributed by atoms with Gasteiger partial charge >= 0.3 is 18.1 Å². The van der Waals surface area contributed by atoms with Crippen LogP contribution in [0.25, 0.3) is 11.1 Å². The summed E-state index contributed by atoms with van der Waals surface area (Å²) >= 11 is 0. The summed E-state index contributed by atoms with van der Waals surface area (Å²) in [5, 5.41) is 20.1. The number of halogens is 3. The van der Waals surface area contributed by atoms with Crippen LogP contribution in [0, 0.1) is 5.41 Å². The van der Waals surface area contributed by atoms with E-state index in [1.807, 2.05) is 35.2 Å². The van der Waals surface area contributed by atoms with Crippen LogP contribution in [0.4, 0.5) is 18.9 Å². The first-order chi connectivity index (χ1) is 19.1. The minimum atomic E-state index is -5.08. The van der Waals surface area contributed by atoms with Crippen molar-refractivity contribution in [2.24, 2.45) is 10.9 Å². The van der Waals surface area contributed by atoms with Gasteiger partial charge in [-0.15, -0.1) is 0 Å². The number of esters is 1. The van der Waals surface area contributed by atoms with Gasteiger partial charge in [0.15, 0.2) is 0 Å². The topological polar surface area (TPSA) is 177 Å². The second-order valence-corrected chi connectivity index (χ2v) is 10.1. The van der Waals surface area contributed by atoms with Gasteiger partial charge in [0.25, 0.3) is 0 Å². The third-order valence-electron chi connectivity index (χ3n) is 5.66. The standard InChI is InChI=1S/C25H28N4O4S.C2HF3O2/c1-33-24(30)17-29(21-8-4-7-20(16-21)25(26)27)15-5-6-18-11-13-19(14-12-18)22-9-2-3-10-23(22)34(28,31)32;3-2(4,5)1(6)7/h2-4,7-14,16H,5-6,15,17H2,1H3,(H3,26,27)(H2,28,31,32);(H,6,7). The summed E-state index contributed by atoms with van der Waals surface area (Å²) < 4.78 is 60.4. The molecule has 0 aliphatic heterocycles. The van der Waals surface area contributed by atoms with Crippen molar-refractivity contribution in [2.75, 3.05) is 25.1 Å². The molecule has 3 aromatic carbocycles. The first-order valence-corrected chi connectivity index (χ1v) is 13.5. The Labute approximate surface area is 234 Å². The lowest BCUT2D eigenvalue weighted by Gasteiger charge is -2.24. The summed E-state index contributed by atoms with van der Waals surface area (Å²) in [4.78, 5) is 22.8. The third-order valence-corrected chi connectivity index (χ3v) is 6.63.